The molecule has 2 atom stereocenters. The Kier molecular flexibility index (Phi) is 5.46. The molecule has 7 heteroatoms. The van der Waals surface area contributed by atoms with Gasteiger partial charge < -0.3 is 15.4 Å². The van der Waals surface area contributed by atoms with Crippen LogP contribution in [0.3, 0.4) is 0 Å². The number of alkyl halides is 3. The first kappa shape index (κ1) is 18.3. The third-order valence-corrected chi connectivity index (χ3v) is 4.40. The van der Waals surface area contributed by atoms with Crippen LogP contribution in [0.25, 0.3) is 0 Å². The monoisotopic (exact) mass is 364 g/mol. The lowest BCUT2D eigenvalue weighted by Crippen LogP contribution is -2.34. The minimum absolute atomic E-state index is 0.0699. The van der Waals surface area contributed by atoms with Gasteiger partial charge in [0.1, 0.15) is 5.75 Å². The van der Waals surface area contributed by atoms with Gasteiger partial charge in [0, 0.05) is 25.6 Å². The van der Waals surface area contributed by atoms with Crippen LogP contribution in [-0.2, 0) is 11.3 Å². The van der Waals surface area contributed by atoms with E-state index in [0.29, 0.717) is 19.6 Å². The van der Waals surface area contributed by atoms with Crippen LogP contribution in [-0.4, -0.2) is 25.4 Å². The van der Waals surface area contributed by atoms with E-state index in [2.05, 4.69) is 15.4 Å². The van der Waals surface area contributed by atoms with Crippen molar-refractivity contribution in [2.75, 3.05) is 13.1 Å². The highest BCUT2D eigenvalue weighted by molar-refractivity contribution is 5.80. The van der Waals surface area contributed by atoms with Crippen LogP contribution < -0.4 is 15.4 Å². The van der Waals surface area contributed by atoms with Gasteiger partial charge in [-0.1, -0.05) is 42.5 Å². The third-order valence-electron chi connectivity index (χ3n) is 4.40. The molecule has 0 radical (unpaired) electrons. The molecule has 0 spiro atoms. The summed E-state index contributed by atoms with van der Waals surface area (Å²) in [6.45, 7) is 1.58. The van der Waals surface area contributed by atoms with Gasteiger partial charge in [0.2, 0.25) is 5.91 Å². The van der Waals surface area contributed by atoms with Crippen LogP contribution in [0.5, 0.6) is 5.75 Å². The molecule has 1 fully saturated rings. The highest BCUT2D eigenvalue weighted by atomic mass is 19.4. The molecule has 0 aromatic heterocycles. The van der Waals surface area contributed by atoms with Crippen LogP contribution >= 0.6 is 0 Å². The maximum atomic E-state index is 12.5. The largest absolute Gasteiger partial charge is 0.573 e. The molecule has 0 bridgehead atoms. The van der Waals surface area contributed by atoms with E-state index in [4.69, 9.17) is 0 Å². The summed E-state index contributed by atoms with van der Waals surface area (Å²) in [6.07, 6.45) is -4.71. The van der Waals surface area contributed by atoms with Gasteiger partial charge in [0.05, 0.1) is 5.92 Å². The number of amides is 1. The number of carbonyl (C=O) groups is 1. The molecule has 0 aliphatic carbocycles. The number of benzene rings is 2. The van der Waals surface area contributed by atoms with Gasteiger partial charge in [-0.05, 0) is 23.3 Å². The molecule has 3 rings (SSSR count). The van der Waals surface area contributed by atoms with E-state index in [1.807, 2.05) is 30.3 Å². The average Bonchev–Trinajstić information content (AvgIpc) is 3.10. The highest BCUT2D eigenvalue weighted by Gasteiger charge is 2.34. The lowest BCUT2D eigenvalue weighted by atomic mass is 9.88. The van der Waals surface area contributed by atoms with Crippen molar-refractivity contribution < 1.29 is 22.7 Å². The number of carbonyl (C=O) groups excluding carboxylic acids is 1. The summed E-state index contributed by atoms with van der Waals surface area (Å²) in [5, 5.41) is 6.11. The Hall–Kier alpha value is -2.54. The quantitative estimate of drug-likeness (QED) is 0.857. The second-order valence-electron chi connectivity index (χ2n) is 6.19. The van der Waals surface area contributed by atoms with Crippen molar-refractivity contribution in [2.45, 2.75) is 18.8 Å². The summed E-state index contributed by atoms with van der Waals surface area (Å²) in [6, 6.07) is 15.3. The molecule has 1 saturated heterocycles. The van der Waals surface area contributed by atoms with Crippen molar-refractivity contribution in [3.05, 3.63) is 65.7 Å². The maximum absolute atomic E-state index is 12.5. The Morgan fingerprint density at radius 2 is 1.77 bits per heavy atom. The van der Waals surface area contributed by atoms with Gasteiger partial charge >= 0.3 is 6.36 Å². The molecular weight excluding hydrogens is 345 g/mol. The fraction of sp³-hybridized carbons (Fsp3) is 0.316. The fourth-order valence-corrected chi connectivity index (χ4v) is 3.14. The normalized spacial score (nSPS) is 20.0. The second-order valence-corrected chi connectivity index (χ2v) is 6.19. The molecule has 1 aliphatic heterocycles. The number of ether oxygens (including phenoxy) is 1. The Bertz CT molecular complexity index is 733. The van der Waals surface area contributed by atoms with Crippen molar-refractivity contribution in [1.29, 1.82) is 0 Å². The Morgan fingerprint density at radius 3 is 2.42 bits per heavy atom. The standard InChI is InChI=1S/C19H19F3N2O2/c20-19(21,22)26-15-8-6-14(7-9-15)16-11-23-12-17(16)18(25)24-10-13-4-2-1-3-5-13/h1-9,16-17,23H,10-12H2,(H,24,25). The first-order valence-corrected chi connectivity index (χ1v) is 8.30. The summed E-state index contributed by atoms with van der Waals surface area (Å²) in [7, 11) is 0. The van der Waals surface area contributed by atoms with Crippen molar-refractivity contribution >= 4 is 5.91 Å². The molecule has 138 valence electrons. The summed E-state index contributed by atoms with van der Waals surface area (Å²) >= 11 is 0. The van der Waals surface area contributed by atoms with E-state index < -0.39 is 6.36 Å². The molecule has 2 N–H and O–H groups in total. The minimum atomic E-state index is -4.71. The zero-order valence-corrected chi connectivity index (χ0v) is 13.9. The highest BCUT2D eigenvalue weighted by Crippen LogP contribution is 2.31. The number of halogens is 3. The molecule has 0 saturated carbocycles. The van der Waals surface area contributed by atoms with E-state index in [0.717, 1.165) is 11.1 Å². The van der Waals surface area contributed by atoms with E-state index >= 15 is 0 Å². The van der Waals surface area contributed by atoms with Crippen LogP contribution in [0.1, 0.15) is 17.0 Å². The van der Waals surface area contributed by atoms with Gasteiger partial charge in [0.15, 0.2) is 0 Å². The molecule has 2 aromatic carbocycles. The summed E-state index contributed by atoms with van der Waals surface area (Å²) < 4.78 is 40.6. The van der Waals surface area contributed by atoms with Gasteiger partial charge in [-0.15, -0.1) is 13.2 Å². The minimum Gasteiger partial charge on any atom is -0.406 e. The van der Waals surface area contributed by atoms with E-state index in [9.17, 15) is 18.0 Å². The van der Waals surface area contributed by atoms with E-state index in [1.165, 1.54) is 12.1 Å². The SMILES string of the molecule is O=C(NCc1ccccc1)C1CNCC1c1ccc(OC(F)(F)F)cc1. The topological polar surface area (TPSA) is 50.4 Å². The van der Waals surface area contributed by atoms with Crippen molar-refractivity contribution in [1.82, 2.24) is 10.6 Å². The van der Waals surface area contributed by atoms with Gasteiger partial charge in [-0.2, -0.15) is 0 Å². The lowest BCUT2D eigenvalue weighted by Gasteiger charge is -2.19. The van der Waals surface area contributed by atoms with Crippen LogP contribution in [0, 0.1) is 5.92 Å². The Balaban J connectivity index is 1.63. The predicted octanol–water partition coefficient (Wildman–Crippen LogP) is 3.20. The molecule has 2 unspecified atom stereocenters. The first-order valence-electron chi connectivity index (χ1n) is 8.30. The smallest absolute Gasteiger partial charge is 0.406 e. The maximum Gasteiger partial charge on any atom is 0.573 e. The van der Waals surface area contributed by atoms with Crippen molar-refractivity contribution in [2.24, 2.45) is 5.92 Å². The summed E-state index contributed by atoms with van der Waals surface area (Å²) in [5.74, 6) is -0.699. The van der Waals surface area contributed by atoms with Crippen LogP contribution in [0.2, 0.25) is 0 Å². The molecule has 1 aliphatic rings. The first-order chi connectivity index (χ1) is 12.4. The average molecular weight is 364 g/mol. The fourth-order valence-electron chi connectivity index (χ4n) is 3.14. The predicted molar refractivity (Wildman–Crippen MR) is 90.5 cm³/mol. The number of rotatable bonds is 5. The summed E-state index contributed by atoms with van der Waals surface area (Å²) in [5.41, 5.74) is 1.82. The second kappa shape index (κ2) is 7.78. The molecule has 4 nitrogen and oxygen atoms in total. The van der Waals surface area contributed by atoms with E-state index in [-0.39, 0.29) is 23.5 Å². The Morgan fingerprint density at radius 1 is 1.08 bits per heavy atom. The summed E-state index contributed by atoms with van der Waals surface area (Å²) in [4.78, 5) is 12.5. The Labute approximate surface area is 149 Å². The third kappa shape index (κ3) is 4.76. The molecule has 1 heterocycles. The lowest BCUT2D eigenvalue weighted by molar-refractivity contribution is -0.274. The number of hydrogen-bond donors (Lipinski definition) is 2. The van der Waals surface area contributed by atoms with Crippen molar-refractivity contribution in [3.8, 4) is 5.75 Å². The number of nitrogens with one attached hydrogen (secondary N) is 2. The zero-order valence-electron chi connectivity index (χ0n) is 13.9. The van der Waals surface area contributed by atoms with Crippen molar-refractivity contribution in [3.63, 3.8) is 0 Å². The molecular formula is C19H19F3N2O2. The van der Waals surface area contributed by atoms with E-state index in [1.54, 1.807) is 12.1 Å². The van der Waals surface area contributed by atoms with Gasteiger partial charge in [0.25, 0.3) is 0 Å². The van der Waals surface area contributed by atoms with Gasteiger partial charge in [-0.3, -0.25) is 4.79 Å². The number of hydrogen-bond acceptors (Lipinski definition) is 3. The molecule has 26 heavy (non-hydrogen) atoms. The zero-order chi connectivity index (χ0) is 18.6. The van der Waals surface area contributed by atoms with Crippen LogP contribution in [0.15, 0.2) is 54.6 Å². The van der Waals surface area contributed by atoms with Gasteiger partial charge in [-0.25, -0.2) is 0 Å². The van der Waals surface area contributed by atoms with Crippen LogP contribution in [0.4, 0.5) is 13.2 Å². The molecule has 2 aromatic rings. The molecule has 1 amide bonds.